The molecule has 1 unspecified atom stereocenters. The molecule has 2 aromatic heterocycles. The van der Waals surface area contributed by atoms with Gasteiger partial charge in [0.05, 0.1) is 30.3 Å². The minimum absolute atomic E-state index is 0.0920. The number of hydrogen-bond donors (Lipinski definition) is 3. The molecule has 4 rings (SSSR count). The van der Waals surface area contributed by atoms with E-state index in [0.29, 0.717) is 10.5 Å². The smallest absolute Gasteiger partial charge is 0.276 e. The van der Waals surface area contributed by atoms with Gasteiger partial charge in [-0.05, 0) is 38.1 Å². The minimum atomic E-state index is -0.994. The summed E-state index contributed by atoms with van der Waals surface area (Å²) in [5.41, 5.74) is 7.26. The number of aromatic nitrogens is 2. The third kappa shape index (κ3) is 3.04. The summed E-state index contributed by atoms with van der Waals surface area (Å²) in [6.45, 7) is 3.84. The molecule has 29 heavy (non-hydrogen) atoms. The Morgan fingerprint density at radius 1 is 1.14 bits per heavy atom. The van der Waals surface area contributed by atoms with Crippen molar-refractivity contribution in [2.45, 2.75) is 32.0 Å². The Morgan fingerprint density at radius 2 is 1.86 bits per heavy atom. The summed E-state index contributed by atoms with van der Waals surface area (Å²) in [6.07, 6.45) is -0.994. The van der Waals surface area contributed by atoms with Crippen LogP contribution < -0.4 is 11.3 Å². The monoisotopic (exact) mass is 413 g/mol. The van der Waals surface area contributed by atoms with Gasteiger partial charge in [-0.2, -0.15) is 0 Å². The van der Waals surface area contributed by atoms with E-state index in [0.717, 1.165) is 27.2 Å². The number of benzene rings is 2. The predicted octanol–water partition coefficient (Wildman–Crippen LogP) is 2.81. The van der Waals surface area contributed by atoms with Crippen molar-refractivity contribution in [3.8, 4) is 0 Å². The summed E-state index contributed by atoms with van der Waals surface area (Å²) in [5, 5.41) is 22.7. The van der Waals surface area contributed by atoms with Crippen LogP contribution in [0.5, 0.6) is 0 Å². The first-order valence-corrected chi connectivity index (χ1v) is 9.92. The molecule has 0 fully saturated rings. The number of para-hydroxylation sites is 1. The molecule has 0 saturated carbocycles. The molecule has 0 amide bonds. The molecule has 4 N–H and O–H groups in total. The highest BCUT2D eigenvalue weighted by atomic mass is 35.5. The maximum atomic E-state index is 13.8. The van der Waals surface area contributed by atoms with Crippen LogP contribution in [0.1, 0.15) is 13.8 Å². The molecule has 0 aliphatic rings. The Bertz CT molecular complexity index is 1290. The second-order valence-electron chi connectivity index (χ2n) is 8.01. The average molecular weight is 414 g/mol. The van der Waals surface area contributed by atoms with Gasteiger partial charge in [0.1, 0.15) is 5.52 Å². The third-order valence-corrected chi connectivity index (χ3v) is 5.79. The minimum Gasteiger partial charge on any atom is -0.394 e. The fourth-order valence-electron chi connectivity index (χ4n) is 4.07. The first kappa shape index (κ1) is 19.9. The summed E-state index contributed by atoms with van der Waals surface area (Å²) in [4.78, 5) is 13.8. The molecule has 0 aliphatic heterocycles. The molecule has 152 valence electrons. The Hall–Kier alpha value is -2.38. The van der Waals surface area contributed by atoms with E-state index in [2.05, 4.69) is 0 Å². The zero-order valence-corrected chi connectivity index (χ0v) is 17.1. The van der Waals surface area contributed by atoms with E-state index in [9.17, 15) is 15.0 Å². The van der Waals surface area contributed by atoms with E-state index in [1.165, 1.54) is 0 Å². The fourth-order valence-corrected chi connectivity index (χ4v) is 4.24. The molecule has 6 nitrogen and oxygen atoms in total. The lowest BCUT2D eigenvalue weighted by Gasteiger charge is -2.28. The molecular formula is C22H24ClN3O3. The zero-order valence-electron chi connectivity index (χ0n) is 16.4. The van der Waals surface area contributed by atoms with E-state index in [1.807, 2.05) is 50.2 Å². The Morgan fingerprint density at radius 3 is 2.55 bits per heavy atom. The number of pyridine rings is 1. The molecule has 2 heterocycles. The van der Waals surface area contributed by atoms with Gasteiger partial charge in [-0.25, -0.2) is 0 Å². The van der Waals surface area contributed by atoms with Crippen molar-refractivity contribution in [2.75, 3.05) is 13.2 Å². The maximum absolute atomic E-state index is 13.8. The van der Waals surface area contributed by atoms with E-state index in [1.54, 1.807) is 15.2 Å². The Kier molecular flexibility index (Phi) is 4.91. The van der Waals surface area contributed by atoms with Crippen molar-refractivity contribution in [3.63, 3.8) is 0 Å². The van der Waals surface area contributed by atoms with Crippen LogP contribution in [0.2, 0.25) is 5.02 Å². The highest BCUT2D eigenvalue weighted by molar-refractivity contribution is 6.32. The maximum Gasteiger partial charge on any atom is 0.276 e. The highest BCUT2D eigenvalue weighted by Gasteiger charge is 2.27. The topological polar surface area (TPSA) is 93.4 Å². The first-order chi connectivity index (χ1) is 13.8. The van der Waals surface area contributed by atoms with Crippen LogP contribution in [0, 0.1) is 0 Å². The van der Waals surface area contributed by atoms with Crippen molar-refractivity contribution in [3.05, 3.63) is 57.8 Å². The molecule has 4 aromatic rings. The highest BCUT2D eigenvalue weighted by Crippen LogP contribution is 2.35. The third-order valence-electron chi connectivity index (χ3n) is 5.55. The summed E-state index contributed by atoms with van der Waals surface area (Å²) >= 11 is 6.28. The lowest BCUT2D eigenvalue weighted by atomic mass is 10.0. The molecule has 0 saturated heterocycles. The Labute approximate surface area is 172 Å². The van der Waals surface area contributed by atoms with Gasteiger partial charge in [0.25, 0.3) is 5.56 Å². The van der Waals surface area contributed by atoms with E-state index < -0.39 is 18.2 Å². The predicted molar refractivity (Wildman–Crippen MR) is 118 cm³/mol. The molecule has 0 bridgehead atoms. The summed E-state index contributed by atoms with van der Waals surface area (Å²) < 4.78 is 3.51. The number of nitrogens with two attached hydrogens (primary N) is 1. The lowest BCUT2D eigenvalue weighted by Crippen LogP contribution is -2.42. The van der Waals surface area contributed by atoms with E-state index >= 15 is 0 Å². The number of aliphatic hydroxyl groups excluding tert-OH is 2. The average Bonchev–Trinajstić information content (AvgIpc) is 3.02. The van der Waals surface area contributed by atoms with Crippen LogP contribution in [0.4, 0.5) is 0 Å². The molecule has 1 atom stereocenters. The van der Waals surface area contributed by atoms with Gasteiger partial charge in [0.15, 0.2) is 0 Å². The lowest BCUT2D eigenvalue weighted by molar-refractivity contribution is 0.0830. The molecular weight excluding hydrogens is 390 g/mol. The van der Waals surface area contributed by atoms with Crippen molar-refractivity contribution >= 4 is 44.3 Å². The molecule has 0 spiro atoms. The summed E-state index contributed by atoms with van der Waals surface area (Å²) in [5.74, 6) is 0. The quantitative estimate of drug-likeness (QED) is 0.469. The second kappa shape index (κ2) is 7.15. The second-order valence-corrected chi connectivity index (χ2v) is 8.44. The standard InChI is InChI=1S/C22H24ClN3O3/c1-22(2,12-24)26-18-6-4-3-5-15(18)19-16-9-13(23)7-8-17(16)25(10-14(28)11-27)20(19)21(26)29/h3-9,14,27-28H,10-12,24H2,1-2H3. The molecule has 7 heteroatoms. The van der Waals surface area contributed by atoms with Gasteiger partial charge in [-0.3, -0.25) is 9.36 Å². The number of nitrogens with zero attached hydrogens (tertiary/aromatic N) is 2. The molecule has 2 aromatic carbocycles. The van der Waals surface area contributed by atoms with Crippen molar-refractivity contribution < 1.29 is 10.2 Å². The van der Waals surface area contributed by atoms with Crippen LogP contribution >= 0.6 is 11.6 Å². The van der Waals surface area contributed by atoms with Gasteiger partial charge < -0.3 is 20.5 Å². The largest absolute Gasteiger partial charge is 0.394 e. The van der Waals surface area contributed by atoms with Gasteiger partial charge in [0.2, 0.25) is 0 Å². The normalized spacial score (nSPS) is 13.6. The van der Waals surface area contributed by atoms with Crippen molar-refractivity contribution in [1.29, 1.82) is 0 Å². The summed E-state index contributed by atoms with van der Waals surface area (Å²) in [6, 6.07) is 13.2. The van der Waals surface area contributed by atoms with Crippen LogP contribution in [-0.4, -0.2) is 38.6 Å². The van der Waals surface area contributed by atoms with Gasteiger partial charge >= 0.3 is 0 Å². The van der Waals surface area contributed by atoms with Gasteiger partial charge in [0, 0.05) is 33.2 Å². The van der Waals surface area contributed by atoms with Gasteiger partial charge in [-0.15, -0.1) is 0 Å². The number of halogens is 1. The van der Waals surface area contributed by atoms with Crippen molar-refractivity contribution in [2.24, 2.45) is 5.73 Å². The fraction of sp³-hybridized carbons (Fsp3) is 0.318. The number of rotatable bonds is 5. The van der Waals surface area contributed by atoms with Crippen LogP contribution in [0.3, 0.4) is 0 Å². The molecule has 0 radical (unpaired) electrons. The summed E-state index contributed by atoms with van der Waals surface area (Å²) in [7, 11) is 0. The SMILES string of the molecule is CC(C)(CN)n1c(=O)c2c(c3ccccc31)c1cc(Cl)ccc1n2CC(O)CO. The number of hydrogen-bond acceptors (Lipinski definition) is 4. The van der Waals surface area contributed by atoms with Crippen molar-refractivity contribution in [1.82, 2.24) is 9.13 Å². The first-order valence-electron chi connectivity index (χ1n) is 9.55. The van der Waals surface area contributed by atoms with Crippen LogP contribution in [0.25, 0.3) is 32.7 Å². The van der Waals surface area contributed by atoms with E-state index in [4.69, 9.17) is 17.3 Å². The zero-order chi connectivity index (χ0) is 20.9. The number of fused-ring (bicyclic) bond motifs is 5. The van der Waals surface area contributed by atoms with Crippen LogP contribution in [0.15, 0.2) is 47.3 Å². The van der Waals surface area contributed by atoms with Crippen LogP contribution in [-0.2, 0) is 12.1 Å². The van der Waals surface area contributed by atoms with E-state index in [-0.39, 0.29) is 18.6 Å². The number of aliphatic hydroxyl groups is 2. The molecule has 0 aliphatic carbocycles. The van der Waals surface area contributed by atoms with Gasteiger partial charge in [-0.1, -0.05) is 29.8 Å². The Balaban J connectivity index is 2.30.